The minimum absolute atomic E-state index is 0.0910. The van der Waals surface area contributed by atoms with Crippen LogP contribution in [0, 0.1) is 0 Å². The summed E-state index contributed by atoms with van der Waals surface area (Å²) in [6, 6.07) is 111. The van der Waals surface area contributed by atoms with Crippen LogP contribution in [0.3, 0.4) is 0 Å². The average molecular weight is 1090 g/mol. The zero-order valence-electron chi connectivity index (χ0n) is 48.0. The quantitative estimate of drug-likeness (QED) is 0.127. The summed E-state index contributed by atoms with van der Waals surface area (Å²) < 4.78 is 0. The SMILES string of the molecule is CC12CCCCC1(C)N(c1cc3c4c(c1)N(c1cccc(-c5ccccc5)c1)c1cc(-c5ccccc5)ccc1B4c1ccc(-c4ccccc4)cc1N3c1cccc(-c3ccccc3)c1)c1ccc(N(c3ccccc3)c3ccccc3)cc12. The highest BCUT2D eigenvalue weighted by Crippen LogP contribution is 2.63. The van der Waals surface area contributed by atoms with Crippen molar-refractivity contribution in [2.75, 3.05) is 19.6 Å². The van der Waals surface area contributed by atoms with Crippen LogP contribution >= 0.6 is 0 Å². The van der Waals surface area contributed by atoms with Gasteiger partial charge in [0, 0.05) is 68.0 Å². The molecule has 4 nitrogen and oxygen atoms in total. The van der Waals surface area contributed by atoms with E-state index in [1.807, 2.05) is 0 Å². The first-order chi connectivity index (χ1) is 41.9. The predicted molar refractivity (Wildman–Crippen MR) is 360 cm³/mol. The van der Waals surface area contributed by atoms with E-state index >= 15 is 0 Å². The molecule has 0 saturated heterocycles. The molecule has 5 heteroatoms. The van der Waals surface area contributed by atoms with Crippen LogP contribution in [0.15, 0.2) is 297 Å². The van der Waals surface area contributed by atoms with Gasteiger partial charge in [-0.05, 0) is 177 Å². The molecule has 0 amide bonds. The minimum Gasteiger partial charge on any atom is -0.334 e. The second kappa shape index (κ2) is 20.4. The van der Waals surface area contributed by atoms with Crippen LogP contribution in [-0.2, 0) is 5.41 Å². The third-order valence-electron chi connectivity index (χ3n) is 19.3. The van der Waals surface area contributed by atoms with Crippen LogP contribution in [0.2, 0.25) is 0 Å². The molecule has 1 fully saturated rings. The van der Waals surface area contributed by atoms with Crippen molar-refractivity contribution in [3.63, 3.8) is 0 Å². The first kappa shape index (κ1) is 50.6. The fourth-order valence-corrected chi connectivity index (χ4v) is 15.1. The van der Waals surface area contributed by atoms with Crippen LogP contribution in [0.1, 0.15) is 45.1 Å². The maximum atomic E-state index is 2.80. The molecular weight excluding hydrogens is 1030 g/mol. The van der Waals surface area contributed by atoms with Gasteiger partial charge in [0.25, 0.3) is 6.71 Å². The van der Waals surface area contributed by atoms with E-state index in [1.165, 1.54) is 113 Å². The Bertz CT molecular complexity index is 4240. The summed E-state index contributed by atoms with van der Waals surface area (Å²) in [6.45, 7) is 5.07. The summed E-state index contributed by atoms with van der Waals surface area (Å²) in [5, 5.41) is 0. The number of hydrogen-bond donors (Lipinski definition) is 0. The molecule has 85 heavy (non-hydrogen) atoms. The highest BCUT2D eigenvalue weighted by Gasteiger charge is 2.58. The molecule has 0 radical (unpaired) electrons. The highest BCUT2D eigenvalue weighted by atomic mass is 15.3. The Kier molecular flexibility index (Phi) is 12.1. The van der Waals surface area contributed by atoms with Crippen molar-refractivity contribution in [2.45, 2.75) is 50.5 Å². The van der Waals surface area contributed by atoms with E-state index < -0.39 is 0 Å². The Morgan fingerprint density at radius 1 is 0.318 bits per heavy atom. The molecule has 0 bridgehead atoms. The molecule has 12 aromatic rings. The van der Waals surface area contributed by atoms with Gasteiger partial charge in [-0.25, -0.2) is 0 Å². The fraction of sp³-hybridized carbons (Fsp3) is 0.100. The van der Waals surface area contributed by atoms with Crippen molar-refractivity contribution < 1.29 is 0 Å². The van der Waals surface area contributed by atoms with Gasteiger partial charge in [-0.1, -0.05) is 226 Å². The van der Waals surface area contributed by atoms with Crippen molar-refractivity contribution >= 4 is 85.7 Å². The van der Waals surface area contributed by atoms with Gasteiger partial charge >= 0.3 is 0 Å². The number of rotatable bonds is 10. The van der Waals surface area contributed by atoms with Gasteiger partial charge in [-0.2, -0.15) is 0 Å². The zero-order chi connectivity index (χ0) is 56.6. The Morgan fingerprint density at radius 3 is 1.19 bits per heavy atom. The summed E-state index contributed by atoms with van der Waals surface area (Å²) in [5.74, 6) is 0. The van der Waals surface area contributed by atoms with Crippen molar-refractivity contribution in [2.24, 2.45) is 0 Å². The Morgan fingerprint density at radius 2 is 0.729 bits per heavy atom. The fourth-order valence-electron chi connectivity index (χ4n) is 15.1. The summed E-state index contributed by atoms with van der Waals surface area (Å²) in [4.78, 5) is 10.5. The molecule has 4 aliphatic rings. The van der Waals surface area contributed by atoms with E-state index in [4.69, 9.17) is 0 Å². The second-order valence-electron chi connectivity index (χ2n) is 24.0. The minimum atomic E-state index is -0.271. The van der Waals surface area contributed by atoms with E-state index in [-0.39, 0.29) is 17.7 Å². The third kappa shape index (κ3) is 8.27. The smallest absolute Gasteiger partial charge is 0.252 e. The third-order valence-corrected chi connectivity index (χ3v) is 19.3. The molecule has 3 heterocycles. The molecule has 16 rings (SSSR count). The van der Waals surface area contributed by atoms with Crippen LogP contribution in [-0.4, -0.2) is 12.3 Å². The summed E-state index contributed by atoms with van der Waals surface area (Å²) >= 11 is 0. The summed E-state index contributed by atoms with van der Waals surface area (Å²) in [7, 11) is 0. The number of hydrogen-bond acceptors (Lipinski definition) is 4. The van der Waals surface area contributed by atoms with Crippen molar-refractivity contribution in [1.29, 1.82) is 0 Å². The predicted octanol–water partition coefficient (Wildman–Crippen LogP) is 19.6. The summed E-state index contributed by atoms with van der Waals surface area (Å²) in [5.41, 5.74) is 27.2. The lowest BCUT2D eigenvalue weighted by molar-refractivity contribution is 0.195. The molecule has 0 N–H and O–H groups in total. The number of fused-ring (bicyclic) bond motifs is 7. The molecule has 1 aliphatic carbocycles. The van der Waals surface area contributed by atoms with Crippen molar-refractivity contribution in [1.82, 2.24) is 0 Å². The first-order valence-corrected chi connectivity index (χ1v) is 30.2. The van der Waals surface area contributed by atoms with Gasteiger partial charge < -0.3 is 19.6 Å². The van der Waals surface area contributed by atoms with Gasteiger partial charge in [-0.15, -0.1) is 0 Å². The van der Waals surface area contributed by atoms with E-state index in [0.717, 1.165) is 42.0 Å². The lowest BCUT2D eigenvalue weighted by atomic mass is 9.33. The van der Waals surface area contributed by atoms with Crippen LogP contribution in [0.4, 0.5) is 62.6 Å². The standard InChI is InChI=1S/C80H63BN4/c1-79-47-21-22-48-80(79,2)85(73-46-43-68(53-70(73)79)82(64-35-17-7-18-36-64)65-37-19-8-20-38-65)69-54-76-78-77(55-69)84(67-40-24-34-61(50-67)57-27-11-4-12-28-57)75-52-63(59-31-15-6-16-32-59)42-45-72(75)81(78)71-44-41-62(58-29-13-5-14-30-58)51-74(71)83(76)66-39-23-33-60(49-66)56-25-9-3-10-26-56/h3-20,23-46,49-55H,21-22,47-48H2,1-2H3. The molecule has 0 aromatic heterocycles. The largest absolute Gasteiger partial charge is 0.334 e. The molecule has 12 aromatic carbocycles. The molecule has 406 valence electrons. The van der Waals surface area contributed by atoms with E-state index in [0.29, 0.717) is 0 Å². The highest BCUT2D eigenvalue weighted by molar-refractivity contribution is 7.00. The normalized spacial score (nSPS) is 17.1. The van der Waals surface area contributed by atoms with E-state index in [1.54, 1.807) is 0 Å². The van der Waals surface area contributed by atoms with E-state index in [2.05, 4.69) is 331 Å². The molecule has 0 spiro atoms. The molecular formula is C80H63BN4. The summed E-state index contributed by atoms with van der Waals surface area (Å²) in [6.07, 6.45) is 4.49. The van der Waals surface area contributed by atoms with Gasteiger partial charge in [0.2, 0.25) is 0 Å². The number of benzene rings is 12. The zero-order valence-corrected chi connectivity index (χ0v) is 48.0. The maximum absolute atomic E-state index is 2.80. The monoisotopic (exact) mass is 1090 g/mol. The number of nitrogens with zero attached hydrogens (tertiary/aromatic N) is 4. The Labute approximate surface area is 500 Å². The van der Waals surface area contributed by atoms with Crippen LogP contribution in [0.25, 0.3) is 44.5 Å². The van der Waals surface area contributed by atoms with Gasteiger partial charge in [0.1, 0.15) is 0 Å². The second-order valence-corrected chi connectivity index (χ2v) is 24.0. The van der Waals surface area contributed by atoms with Gasteiger partial charge in [-0.3, -0.25) is 0 Å². The number of anilines is 11. The maximum Gasteiger partial charge on any atom is 0.252 e. The number of para-hydroxylation sites is 2. The van der Waals surface area contributed by atoms with Gasteiger partial charge in [0.15, 0.2) is 0 Å². The van der Waals surface area contributed by atoms with Crippen molar-refractivity contribution in [3.05, 3.63) is 303 Å². The van der Waals surface area contributed by atoms with Crippen molar-refractivity contribution in [3.8, 4) is 44.5 Å². The lowest BCUT2D eigenvalue weighted by Gasteiger charge is -2.51. The topological polar surface area (TPSA) is 13.0 Å². The van der Waals surface area contributed by atoms with Gasteiger partial charge in [0.05, 0.1) is 5.54 Å². The Balaban J connectivity index is 0.998. The van der Waals surface area contributed by atoms with E-state index in [9.17, 15) is 0 Å². The first-order valence-electron chi connectivity index (χ1n) is 30.2. The molecule has 2 unspecified atom stereocenters. The molecule has 3 aliphatic heterocycles. The lowest BCUT2D eigenvalue weighted by Crippen LogP contribution is -2.61. The van der Waals surface area contributed by atoms with Crippen LogP contribution < -0.4 is 36.0 Å². The average Bonchev–Trinajstić information content (AvgIpc) is 2.69. The Hall–Kier alpha value is -10.1. The molecule has 1 saturated carbocycles. The molecule has 2 atom stereocenters. The van der Waals surface area contributed by atoms with Crippen LogP contribution in [0.5, 0.6) is 0 Å².